The van der Waals surface area contributed by atoms with Crippen molar-refractivity contribution in [1.29, 1.82) is 0 Å². The highest BCUT2D eigenvalue weighted by Gasteiger charge is 2.16. The predicted molar refractivity (Wildman–Crippen MR) is 86.0 cm³/mol. The number of rotatable bonds is 5. The number of carbonyl (C=O) groups excluding carboxylic acids is 1. The van der Waals surface area contributed by atoms with E-state index >= 15 is 0 Å². The molecule has 0 atom stereocenters. The van der Waals surface area contributed by atoms with Crippen LogP contribution in [0.15, 0.2) is 53.4 Å². The molecule has 7 heteroatoms. The molecule has 0 spiro atoms. The zero-order chi connectivity index (χ0) is 17.0. The lowest BCUT2D eigenvalue weighted by atomic mass is 10.1. The van der Waals surface area contributed by atoms with Gasteiger partial charge in [-0.15, -0.1) is 0 Å². The molecule has 0 aliphatic rings. The summed E-state index contributed by atoms with van der Waals surface area (Å²) in [6.07, 6.45) is 0.0683. The summed E-state index contributed by atoms with van der Waals surface area (Å²) >= 11 is 0. The van der Waals surface area contributed by atoms with Crippen molar-refractivity contribution >= 4 is 21.6 Å². The third kappa shape index (κ3) is 4.37. The van der Waals surface area contributed by atoms with Gasteiger partial charge in [-0.05, 0) is 35.9 Å². The number of hydrogen-bond donors (Lipinski definition) is 1. The van der Waals surface area contributed by atoms with Crippen molar-refractivity contribution in [3.8, 4) is 0 Å². The molecule has 5 nitrogen and oxygen atoms in total. The van der Waals surface area contributed by atoms with Gasteiger partial charge < -0.3 is 5.32 Å². The molecule has 1 N–H and O–H groups in total. The Morgan fingerprint density at radius 1 is 1.13 bits per heavy atom. The highest BCUT2D eigenvalue weighted by Crippen LogP contribution is 2.15. The van der Waals surface area contributed by atoms with E-state index < -0.39 is 15.8 Å². The smallest absolute Gasteiger partial charge is 0.242 e. The summed E-state index contributed by atoms with van der Waals surface area (Å²) in [5, 5.41) is 2.59. The van der Waals surface area contributed by atoms with E-state index in [2.05, 4.69) is 5.32 Å². The van der Waals surface area contributed by atoms with Crippen molar-refractivity contribution < 1.29 is 17.6 Å². The number of halogens is 1. The number of benzene rings is 2. The standard InChI is InChI=1S/C16H17FN2O3S/c1-19(2)23(21,22)15-8-6-12(7-9-15)10-16(20)18-14-5-3-4-13(17)11-14/h3-9,11H,10H2,1-2H3,(H,18,20). The predicted octanol–water partition coefficient (Wildman–Crippen LogP) is 2.26. The molecule has 0 saturated heterocycles. The Hall–Kier alpha value is -2.25. The number of nitrogens with one attached hydrogen (secondary N) is 1. The molecule has 0 radical (unpaired) electrons. The summed E-state index contributed by atoms with van der Waals surface area (Å²) < 4.78 is 38.1. The van der Waals surface area contributed by atoms with Crippen molar-refractivity contribution in [2.75, 3.05) is 19.4 Å². The van der Waals surface area contributed by atoms with Crippen molar-refractivity contribution in [2.45, 2.75) is 11.3 Å². The van der Waals surface area contributed by atoms with Gasteiger partial charge in [0, 0.05) is 19.8 Å². The summed E-state index contributed by atoms with van der Waals surface area (Å²) in [5.74, 6) is -0.736. The minimum Gasteiger partial charge on any atom is -0.326 e. The van der Waals surface area contributed by atoms with Crippen LogP contribution in [0.4, 0.5) is 10.1 Å². The van der Waals surface area contributed by atoms with Gasteiger partial charge in [0.2, 0.25) is 15.9 Å². The minimum atomic E-state index is -3.48. The normalized spacial score (nSPS) is 11.5. The van der Waals surface area contributed by atoms with E-state index in [1.807, 2.05) is 0 Å². The number of carbonyl (C=O) groups is 1. The van der Waals surface area contributed by atoms with Gasteiger partial charge >= 0.3 is 0 Å². The number of sulfonamides is 1. The third-order valence-electron chi connectivity index (χ3n) is 3.17. The lowest BCUT2D eigenvalue weighted by Gasteiger charge is -2.11. The van der Waals surface area contributed by atoms with E-state index in [0.29, 0.717) is 11.3 Å². The van der Waals surface area contributed by atoms with Crippen LogP contribution in [0.2, 0.25) is 0 Å². The van der Waals surface area contributed by atoms with Crippen LogP contribution in [0.3, 0.4) is 0 Å². The molecule has 2 aromatic carbocycles. The lowest BCUT2D eigenvalue weighted by Crippen LogP contribution is -2.22. The summed E-state index contributed by atoms with van der Waals surface area (Å²) in [7, 11) is -0.576. The van der Waals surface area contributed by atoms with Gasteiger partial charge in [-0.1, -0.05) is 18.2 Å². The molecule has 0 bridgehead atoms. The number of hydrogen-bond acceptors (Lipinski definition) is 3. The number of anilines is 1. The Bertz CT molecular complexity index is 802. The fourth-order valence-corrected chi connectivity index (χ4v) is 2.85. The van der Waals surface area contributed by atoms with Gasteiger partial charge in [0.25, 0.3) is 0 Å². The maximum atomic E-state index is 13.1. The van der Waals surface area contributed by atoms with Crippen molar-refractivity contribution in [3.63, 3.8) is 0 Å². The molecule has 0 aliphatic carbocycles. The van der Waals surface area contributed by atoms with Crippen LogP contribution >= 0.6 is 0 Å². The molecule has 2 aromatic rings. The van der Waals surface area contributed by atoms with Crippen LogP contribution in [-0.4, -0.2) is 32.7 Å². The molecule has 0 heterocycles. The Morgan fingerprint density at radius 3 is 2.35 bits per heavy atom. The second-order valence-electron chi connectivity index (χ2n) is 5.17. The summed E-state index contributed by atoms with van der Waals surface area (Å²) in [4.78, 5) is 12.1. The van der Waals surface area contributed by atoms with E-state index in [1.165, 1.54) is 44.4 Å². The molecule has 0 fully saturated rings. The molecular formula is C16H17FN2O3S. The topological polar surface area (TPSA) is 66.5 Å². The highest BCUT2D eigenvalue weighted by molar-refractivity contribution is 7.89. The number of amides is 1. The fourth-order valence-electron chi connectivity index (χ4n) is 1.95. The summed E-state index contributed by atoms with van der Waals surface area (Å²) in [5.41, 5.74) is 1.04. The van der Waals surface area contributed by atoms with Gasteiger partial charge in [0.05, 0.1) is 11.3 Å². The first kappa shape index (κ1) is 17.1. The van der Waals surface area contributed by atoms with E-state index in [9.17, 15) is 17.6 Å². The Morgan fingerprint density at radius 2 is 1.78 bits per heavy atom. The van der Waals surface area contributed by atoms with Crippen molar-refractivity contribution in [3.05, 3.63) is 59.9 Å². The third-order valence-corrected chi connectivity index (χ3v) is 5.00. The van der Waals surface area contributed by atoms with E-state index in [1.54, 1.807) is 18.2 Å². The maximum absolute atomic E-state index is 13.1. The first-order valence-corrected chi connectivity index (χ1v) is 8.30. The van der Waals surface area contributed by atoms with E-state index in [-0.39, 0.29) is 17.2 Å². The van der Waals surface area contributed by atoms with Gasteiger partial charge in [0.1, 0.15) is 5.82 Å². The van der Waals surface area contributed by atoms with Crippen LogP contribution in [0.5, 0.6) is 0 Å². The van der Waals surface area contributed by atoms with E-state index in [0.717, 1.165) is 4.31 Å². The zero-order valence-corrected chi connectivity index (χ0v) is 13.6. The maximum Gasteiger partial charge on any atom is 0.242 e. The fraction of sp³-hybridized carbons (Fsp3) is 0.188. The average Bonchev–Trinajstić information content (AvgIpc) is 2.47. The molecule has 2 rings (SSSR count). The van der Waals surface area contributed by atoms with Crippen LogP contribution < -0.4 is 5.32 Å². The largest absolute Gasteiger partial charge is 0.326 e. The first-order chi connectivity index (χ1) is 10.8. The Labute approximate surface area is 134 Å². The molecule has 0 unspecified atom stereocenters. The Kier molecular flexibility index (Phi) is 5.12. The summed E-state index contributed by atoms with van der Waals surface area (Å²) in [6, 6.07) is 11.7. The lowest BCUT2D eigenvalue weighted by molar-refractivity contribution is -0.115. The zero-order valence-electron chi connectivity index (χ0n) is 12.8. The average molecular weight is 336 g/mol. The van der Waals surface area contributed by atoms with Crippen LogP contribution in [0, 0.1) is 5.82 Å². The number of nitrogens with zero attached hydrogens (tertiary/aromatic N) is 1. The molecule has 1 amide bonds. The second-order valence-corrected chi connectivity index (χ2v) is 7.32. The van der Waals surface area contributed by atoms with Crippen molar-refractivity contribution in [2.24, 2.45) is 0 Å². The quantitative estimate of drug-likeness (QED) is 0.911. The monoisotopic (exact) mass is 336 g/mol. The van der Waals surface area contributed by atoms with Crippen molar-refractivity contribution in [1.82, 2.24) is 4.31 Å². The summed E-state index contributed by atoms with van der Waals surface area (Å²) in [6.45, 7) is 0. The molecular weight excluding hydrogens is 319 g/mol. The molecule has 23 heavy (non-hydrogen) atoms. The van der Waals surface area contributed by atoms with E-state index in [4.69, 9.17) is 0 Å². The van der Waals surface area contributed by atoms with Crippen LogP contribution in [0.25, 0.3) is 0 Å². The Balaban J connectivity index is 2.05. The van der Waals surface area contributed by atoms with Crippen LogP contribution in [0.1, 0.15) is 5.56 Å². The minimum absolute atomic E-state index is 0.0683. The highest BCUT2D eigenvalue weighted by atomic mass is 32.2. The molecule has 0 saturated carbocycles. The van der Waals surface area contributed by atoms with Gasteiger partial charge in [-0.2, -0.15) is 0 Å². The van der Waals surface area contributed by atoms with Gasteiger partial charge in [-0.3, -0.25) is 4.79 Å². The molecule has 122 valence electrons. The molecule has 0 aromatic heterocycles. The SMILES string of the molecule is CN(C)S(=O)(=O)c1ccc(CC(=O)Nc2cccc(F)c2)cc1. The second kappa shape index (κ2) is 6.89. The van der Waals surface area contributed by atoms with Gasteiger partial charge in [0.15, 0.2) is 0 Å². The first-order valence-electron chi connectivity index (χ1n) is 6.86. The van der Waals surface area contributed by atoms with Gasteiger partial charge in [-0.25, -0.2) is 17.1 Å². The molecule has 0 aliphatic heterocycles. The van der Waals surface area contributed by atoms with Crippen LogP contribution in [-0.2, 0) is 21.2 Å².